The molecule has 7 nitrogen and oxygen atoms in total. The third-order valence-corrected chi connectivity index (χ3v) is 8.77. The number of carbonyl (C=O) groups excluding carboxylic acids is 1. The van der Waals surface area contributed by atoms with Crippen molar-refractivity contribution in [1.29, 1.82) is 0 Å². The van der Waals surface area contributed by atoms with E-state index in [1.54, 1.807) is 12.1 Å². The largest absolute Gasteiger partial charge is 0.486 e. The summed E-state index contributed by atoms with van der Waals surface area (Å²) in [5.74, 6) is 0.986. The first-order valence-electron chi connectivity index (χ1n) is 11.2. The van der Waals surface area contributed by atoms with Crippen molar-refractivity contribution in [2.24, 2.45) is 5.92 Å². The first-order valence-corrected chi connectivity index (χ1v) is 12.6. The summed E-state index contributed by atoms with van der Waals surface area (Å²) in [5.41, 5.74) is 2.56. The van der Waals surface area contributed by atoms with Crippen LogP contribution in [0.15, 0.2) is 47.4 Å². The molecule has 2 aromatic rings. The molecular formula is C24H28N2O5S. The lowest BCUT2D eigenvalue weighted by molar-refractivity contribution is -0.137. The molecule has 8 heteroatoms. The van der Waals surface area contributed by atoms with Gasteiger partial charge in [-0.05, 0) is 48.9 Å². The van der Waals surface area contributed by atoms with Gasteiger partial charge in [0.2, 0.25) is 15.9 Å². The van der Waals surface area contributed by atoms with E-state index >= 15 is 0 Å². The molecule has 2 aliphatic heterocycles. The second kappa shape index (κ2) is 8.41. The number of carbonyl (C=O) groups is 1. The van der Waals surface area contributed by atoms with E-state index in [0.29, 0.717) is 50.6 Å². The van der Waals surface area contributed by atoms with E-state index in [1.165, 1.54) is 21.5 Å². The third kappa shape index (κ3) is 3.75. The maximum atomic E-state index is 13.2. The van der Waals surface area contributed by atoms with Crippen molar-refractivity contribution in [3.63, 3.8) is 0 Å². The predicted molar refractivity (Wildman–Crippen MR) is 119 cm³/mol. The van der Waals surface area contributed by atoms with Crippen molar-refractivity contribution in [3.8, 4) is 11.5 Å². The molecule has 1 fully saturated rings. The van der Waals surface area contributed by atoms with Gasteiger partial charge in [0.15, 0.2) is 11.5 Å². The number of fused-ring (bicyclic) bond motifs is 2. The van der Waals surface area contributed by atoms with Gasteiger partial charge in [-0.2, -0.15) is 4.31 Å². The van der Waals surface area contributed by atoms with Crippen LogP contribution in [0.3, 0.4) is 0 Å². The SMILES string of the molecule is CN(C(=O)C1CCN(S(=O)(=O)c2ccc3c(c2)OCCO3)CC1)C1CCc2ccccc21. The summed E-state index contributed by atoms with van der Waals surface area (Å²) in [5, 5.41) is 0. The standard InChI is InChI=1S/C24H28N2O5S/c1-25(21-8-6-17-4-2-3-5-20(17)21)24(27)18-10-12-26(13-11-18)32(28,29)19-7-9-22-23(16-19)31-15-14-30-22/h2-5,7,9,16,18,21H,6,8,10-15H2,1H3. The highest BCUT2D eigenvalue weighted by atomic mass is 32.2. The number of aryl methyl sites for hydroxylation is 1. The number of benzene rings is 2. The summed E-state index contributed by atoms with van der Waals surface area (Å²) >= 11 is 0. The molecule has 1 atom stereocenters. The number of hydrogen-bond donors (Lipinski definition) is 0. The number of amides is 1. The normalized spacial score (nSPS) is 21.2. The second-order valence-electron chi connectivity index (χ2n) is 8.69. The zero-order valence-electron chi connectivity index (χ0n) is 18.2. The zero-order valence-corrected chi connectivity index (χ0v) is 19.0. The molecule has 0 N–H and O–H groups in total. The van der Waals surface area contributed by atoms with Gasteiger partial charge in [-0.25, -0.2) is 8.42 Å². The van der Waals surface area contributed by atoms with Crippen LogP contribution in [-0.4, -0.2) is 56.9 Å². The molecular weight excluding hydrogens is 428 g/mol. The summed E-state index contributed by atoms with van der Waals surface area (Å²) in [6.07, 6.45) is 2.99. The van der Waals surface area contributed by atoms with E-state index in [2.05, 4.69) is 12.1 Å². The fraction of sp³-hybridized carbons (Fsp3) is 0.458. The number of nitrogens with zero attached hydrogens (tertiary/aromatic N) is 2. The Balaban J connectivity index is 1.24. The predicted octanol–water partition coefficient (Wildman–Crippen LogP) is 3.00. The molecule has 1 amide bonds. The smallest absolute Gasteiger partial charge is 0.243 e. The quantitative estimate of drug-likeness (QED) is 0.707. The van der Waals surface area contributed by atoms with Gasteiger partial charge in [0.1, 0.15) is 13.2 Å². The molecule has 0 radical (unpaired) electrons. The highest BCUT2D eigenvalue weighted by Gasteiger charge is 2.36. The van der Waals surface area contributed by atoms with Crippen molar-refractivity contribution >= 4 is 15.9 Å². The minimum absolute atomic E-state index is 0.109. The number of ether oxygens (including phenoxy) is 2. The van der Waals surface area contributed by atoms with Crippen molar-refractivity contribution < 1.29 is 22.7 Å². The molecule has 32 heavy (non-hydrogen) atoms. The highest BCUT2D eigenvalue weighted by molar-refractivity contribution is 7.89. The summed E-state index contributed by atoms with van der Waals surface area (Å²) < 4.78 is 38.8. The van der Waals surface area contributed by atoms with Crippen LogP contribution in [0.2, 0.25) is 0 Å². The topological polar surface area (TPSA) is 76.2 Å². The van der Waals surface area contributed by atoms with Gasteiger partial charge in [0.25, 0.3) is 0 Å². The highest BCUT2D eigenvalue weighted by Crippen LogP contribution is 2.37. The maximum Gasteiger partial charge on any atom is 0.243 e. The Morgan fingerprint density at radius 3 is 2.50 bits per heavy atom. The van der Waals surface area contributed by atoms with E-state index in [4.69, 9.17) is 9.47 Å². The average Bonchev–Trinajstić information content (AvgIpc) is 3.27. The molecule has 3 aliphatic rings. The minimum Gasteiger partial charge on any atom is -0.486 e. The van der Waals surface area contributed by atoms with Gasteiger partial charge >= 0.3 is 0 Å². The van der Waals surface area contributed by atoms with E-state index in [-0.39, 0.29) is 22.8 Å². The Morgan fingerprint density at radius 1 is 1.00 bits per heavy atom. The van der Waals surface area contributed by atoms with Gasteiger partial charge in [-0.3, -0.25) is 4.79 Å². The van der Waals surface area contributed by atoms with Crippen molar-refractivity contribution in [1.82, 2.24) is 9.21 Å². The van der Waals surface area contributed by atoms with Gasteiger partial charge in [0, 0.05) is 32.1 Å². The Kier molecular flexibility index (Phi) is 5.59. The van der Waals surface area contributed by atoms with Gasteiger partial charge in [-0.15, -0.1) is 0 Å². The Bertz CT molecular complexity index is 1120. The van der Waals surface area contributed by atoms with E-state index < -0.39 is 10.0 Å². The lowest BCUT2D eigenvalue weighted by atomic mass is 9.95. The monoisotopic (exact) mass is 456 g/mol. The minimum atomic E-state index is -3.65. The fourth-order valence-electron chi connectivity index (χ4n) is 5.05. The number of hydrogen-bond acceptors (Lipinski definition) is 5. The van der Waals surface area contributed by atoms with Crippen LogP contribution < -0.4 is 9.47 Å². The lowest BCUT2D eigenvalue weighted by Crippen LogP contribution is -2.44. The molecule has 1 unspecified atom stereocenters. The first kappa shape index (κ1) is 21.3. The van der Waals surface area contributed by atoms with E-state index in [1.807, 2.05) is 24.1 Å². The molecule has 0 spiro atoms. The molecule has 0 aromatic heterocycles. The second-order valence-corrected chi connectivity index (χ2v) is 10.6. The summed E-state index contributed by atoms with van der Waals surface area (Å²) in [6, 6.07) is 13.2. The lowest BCUT2D eigenvalue weighted by Gasteiger charge is -2.34. The summed E-state index contributed by atoms with van der Waals surface area (Å²) in [4.78, 5) is 15.3. The molecule has 1 saturated heterocycles. The summed E-state index contributed by atoms with van der Waals surface area (Å²) in [7, 11) is -1.77. The Labute approximate surface area is 189 Å². The Hall–Kier alpha value is -2.58. The van der Waals surface area contributed by atoms with Gasteiger partial charge in [-0.1, -0.05) is 24.3 Å². The molecule has 5 rings (SSSR count). The molecule has 1 aliphatic carbocycles. The van der Waals surface area contributed by atoms with Crippen LogP contribution in [0.25, 0.3) is 0 Å². The van der Waals surface area contributed by atoms with Crippen molar-refractivity contribution in [2.45, 2.75) is 36.6 Å². The van der Waals surface area contributed by atoms with Crippen LogP contribution in [0.1, 0.15) is 36.4 Å². The number of piperidine rings is 1. The van der Waals surface area contributed by atoms with Crippen molar-refractivity contribution in [2.75, 3.05) is 33.4 Å². The van der Waals surface area contributed by atoms with Crippen LogP contribution in [0.5, 0.6) is 11.5 Å². The van der Waals surface area contributed by atoms with Gasteiger partial charge in [0.05, 0.1) is 10.9 Å². The van der Waals surface area contributed by atoms with E-state index in [0.717, 1.165) is 12.8 Å². The van der Waals surface area contributed by atoms with Gasteiger partial charge < -0.3 is 14.4 Å². The number of sulfonamides is 1. The zero-order chi connectivity index (χ0) is 22.3. The summed E-state index contributed by atoms with van der Waals surface area (Å²) in [6.45, 7) is 1.54. The average molecular weight is 457 g/mol. The molecule has 2 aromatic carbocycles. The molecule has 0 bridgehead atoms. The molecule has 2 heterocycles. The Morgan fingerprint density at radius 2 is 1.72 bits per heavy atom. The third-order valence-electron chi connectivity index (χ3n) is 6.87. The number of rotatable bonds is 4. The van der Waals surface area contributed by atoms with Crippen LogP contribution in [0, 0.1) is 5.92 Å². The van der Waals surface area contributed by atoms with E-state index in [9.17, 15) is 13.2 Å². The van der Waals surface area contributed by atoms with Crippen LogP contribution in [-0.2, 0) is 21.2 Å². The molecule has 0 saturated carbocycles. The van der Waals surface area contributed by atoms with Crippen LogP contribution >= 0.6 is 0 Å². The first-order chi connectivity index (χ1) is 15.4. The molecule has 170 valence electrons. The van der Waals surface area contributed by atoms with Crippen molar-refractivity contribution in [3.05, 3.63) is 53.6 Å². The van der Waals surface area contributed by atoms with Crippen LogP contribution in [0.4, 0.5) is 0 Å². The maximum absolute atomic E-state index is 13.2. The fourth-order valence-corrected chi connectivity index (χ4v) is 6.54.